The molecule has 1 N–H and O–H groups in total. The van der Waals surface area contributed by atoms with Crippen molar-refractivity contribution in [3.05, 3.63) is 40.3 Å². The highest BCUT2D eigenvalue weighted by molar-refractivity contribution is 7.92. The van der Waals surface area contributed by atoms with E-state index in [1.165, 1.54) is 0 Å². The number of hydrogen-bond acceptors (Lipinski definition) is 7. The standard InChI is InChI=1S/C13H16N4O5S/c1-9(2)3-8-12-14-15-13(22-12)16-23(20,21)11-6-4-10(5-7-11)17(18)19/h4-7,9H,3,8H2,1-2H3,(H,15,16). The number of aryl methyl sites for hydroxylation is 1. The molecule has 2 aromatic rings. The molecule has 1 heterocycles. The van der Waals surface area contributed by atoms with Crippen LogP contribution in [0.25, 0.3) is 0 Å². The van der Waals surface area contributed by atoms with Gasteiger partial charge in [-0.25, -0.2) is 13.1 Å². The highest BCUT2D eigenvalue weighted by atomic mass is 32.2. The maximum Gasteiger partial charge on any atom is 0.329 e. The fourth-order valence-electron chi connectivity index (χ4n) is 1.73. The predicted molar refractivity (Wildman–Crippen MR) is 81.4 cm³/mol. The fraction of sp³-hybridized carbons (Fsp3) is 0.385. The van der Waals surface area contributed by atoms with E-state index in [0.29, 0.717) is 18.2 Å². The molecule has 0 bridgehead atoms. The molecule has 1 aromatic carbocycles. The number of nitro benzene ring substituents is 1. The second-order valence-corrected chi connectivity index (χ2v) is 6.97. The van der Waals surface area contributed by atoms with E-state index in [1.807, 2.05) is 0 Å². The van der Waals surface area contributed by atoms with Crippen LogP contribution in [0.3, 0.4) is 0 Å². The van der Waals surface area contributed by atoms with Crippen LogP contribution in [0.2, 0.25) is 0 Å². The van der Waals surface area contributed by atoms with Gasteiger partial charge in [-0.2, -0.15) is 0 Å². The number of aromatic nitrogens is 2. The number of anilines is 1. The maximum atomic E-state index is 12.1. The summed E-state index contributed by atoms with van der Waals surface area (Å²) in [6.07, 6.45) is 1.40. The van der Waals surface area contributed by atoms with Gasteiger partial charge in [-0.05, 0) is 24.5 Å². The lowest BCUT2D eigenvalue weighted by Crippen LogP contribution is -2.13. The van der Waals surface area contributed by atoms with Gasteiger partial charge in [0.05, 0.1) is 9.82 Å². The Bertz CT molecular complexity index is 783. The third kappa shape index (κ3) is 4.49. The van der Waals surface area contributed by atoms with Crippen molar-refractivity contribution in [2.24, 2.45) is 5.92 Å². The molecule has 23 heavy (non-hydrogen) atoms. The highest BCUT2D eigenvalue weighted by Gasteiger charge is 2.19. The lowest BCUT2D eigenvalue weighted by molar-refractivity contribution is -0.384. The number of sulfonamides is 1. The summed E-state index contributed by atoms with van der Waals surface area (Å²) in [6.45, 7) is 4.10. The average Bonchev–Trinajstić information content (AvgIpc) is 2.92. The molecule has 0 atom stereocenters. The van der Waals surface area contributed by atoms with Gasteiger partial charge < -0.3 is 4.42 Å². The first-order valence-electron chi connectivity index (χ1n) is 6.87. The third-order valence-electron chi connectivity index (χ3n) is 2.98. The van der Waals surface area contributed by atoms with Crippen LogP contribution in [0.1, 0.15) is 26.2 Å². The van der Waals surface area contributed by atoms with Crippen LogP contribution >= 0.6 is 0 Å². The minimum Gasteiger partial charge on any atom is -0.407 e. The summed E-state index contributed by atoms with van der Waals surface area (Å²) in [7, 11) is -3.94. The Morgan fingerprint density at radius 1 is 1.26 bits per heavy atom. The molecule has 1 aromatic heterocycles. The summed E-state index contributed by atoms with van der Waals surface area (Å²) < 4.78 is 31.7. The smallest absolute Gasteiger partial charge is 0.329 e. The summed E-state index contributed by atoms with van der Waals surface area (Å²) >= 11 is 0. The first kappa shape index (κ1) is 16.9. The number of hydrogen-bond donors (Lipinski definition) is 1. The Balaban J connectivity index is 2.10. The van der Waals surface area contributed by atoms with Crippen LogP contribution in [-0.4, -0.2) is 23.5 Å². The molecular formula is C13H16N4O5S. The van der Waals surface area contributed by atoms with E-state index in [4.69, 9.17) is 4.42 Å². The van der Waals surface area contributed by atoms with Crippen molar-refractivity contribution in [1.82, 2.24) is 10.2 Å². The van der Waals surface area contributed by atoms with Crippen molar-refractivity contribution >= 4 is 21.7 Å². The Hall–Kier alpha value is -2.49. The molecular weight excluding hydrogens is 324 g/mol. The molecule has 0 saturated carbocycles. The van der Waals surface area contributed by atoms with Crippen molar-refractivity contribution in [3.8, 4) is 0 Å². The molecule has 0 spiro atoms. The first-order chi connectivity index (χ1) is 10.8. The van der Waals surface area contributed by atoms with E-state index >= 15 is 0 Å². The van der Waals surface area contributed by atoms with Gasteiger partial charge in [-0.3, -0.25) is 10.1 Å². The van der Waals surface area contributed by atoms with Gasteiger partial charge in [-0.15, -0.1) is 5.10 Å². The van der Waals surface area contributed by atoms with E-state index in [-0.39, 0.29) is 16.6 Å². The minimum atomic E-state index is -3.94. The van der Waals surface area contributed by atoms with Crippen molar-refractivity contribution in [2.45, 2.75) is 31.6 Å². The lowest BCUT2D eigenvalue weighted by Gasteiger charge is -2.03. The van der Waals surface area contributed by atoms with E-state index in [9.17, 15) is 18.5 Å². The topological polar surface area (TPSA) is 128 Å². The van der Waals surface area contributed by atoms with E-state index in [0.717, 1.165) is 30.7 Å². The molecule has 0 aliphatic rings. The van der Waals surface area contributed by atoms with Crippen LogP contribution in [0.5, 0.6) is 0 Å². The fourth-order valence-corrected chi connectivity index (χ4v) is 2.65. The molecule has 0 radical (unpaired) electrons. The number of nitrogens with zero attached hydrogens (tertiary/aromatic N) is 3. The molecule has 2 rings (SSSR count). The molecule has 0 unspecified atom stereocenters. The Morgan fingerprint density at radius 3 is 2.48 bits per heavy atom. The molecule has 9 nitrogen and oxygen atoms in total. The number of benzene rings is 1. The largest absolute Gasteiger partial charge is 0.407 e. The molecule has 124 valence electrons. The number of nitrogens with one attached hydrogen (secondary N) is 1. The summed E-state index contributed by atoms with van der Waals surface area (Å²) in [5, 5.41) is 18.0. The predicted octanol–water partition coefficient (Wildman–Crippen LogP) is 2.37. The van der Waals surface area contributed by atoms with E-state index in [1.54, 1.807) is 0 Å². The number of rotatable bonds is 7. The molecule has 0 amide bonds. The second kappa shape index (κ2) is 6.73. The van der Waals surface area contributed by atoms with Gasteiger partial charge >= 0.3 is 6.01 Å². The lowest BCUT2D eigenvalue weighted by atomic mass is 10.1. The average molecular weight is 340 g/mol. The summed E-state index contributed by atoms with van der Waals surface area (Å²) in [5.74, 6) is 0.808. The number of nitro groups is 1. The van der Waals surface area contributed by atoms with Crippen molar-refractivity contribution in [2.75, 3.05) is 4.72 Å². The highest BCUT2D eigenvalue weighted by Crippen LogP contribution is 2.19. The molecule has 0 aliphatic carbocycles. The van der Waals surface area contributed by atoms with Gasteiger partial charge in [0.15, 0.2) is 0 Å². The zero-order valence-electron chi connectivity index (χ0n) is 12.6. The van der Waals surface area contributed by atoms with Gasteiger partial charge in [0.2, 0.25) is 5.89 Å². The molecule has 10 heteroatoms. The van der Waals surface area contributed by atoms with E-state index in [2.05, 4.69) is 28.8 Å². The monoisotopic (exact) mass is 340 g/mol. The molecule has 0 aliphatic heterocycles. The summed E-state index contributed by atoms with van der Waals surface area (Å²) in [5.41, 5.74) is -0.197. The first-order valence-corrected chi connectivity index (χ1v) is 8.36. The Morgan fingerprint density at radius 2 is 1.91 bits per heavy atom. The van der Waals surface area contributed by atoms with Crippen LogP contribution in [0.15, 0.2) is 33.6 Å². The Kier molecular flexibility index (Phi) is 4.94. The van der Waals surface area contributed by atoms with Crippen LogP contribution in [0.4, 0.5) is 11.7 Å². The van der Waals surface area contributed by atoms with Crippen LogP contribution in [0, 0.1) is 16.0 Å². The van der Waals surface area contributed by atoms with Gasteiger partial charge in [-0.1, -0.05) is 18.9 Å². The van der Waals surface area contributed by atoms with Crippen molar-refractivity contribution in [1.29, 1.82) is 0 Å². The molecule has 0 saturated heterocycles. The third-order valence-corrected chi connectivity index (χ3v) is 4.32. The van der Waals surface area contributed by atoms with Gasteiger partial charge in [0.1, 0.15) is 0 Å². The van der Waals surface area contributed by atoms with Crippen LogP contribution in [-0.2, 0) is 16.4 Å². The normalized spacial score (nSPS) is 11.6. The van der Waals surface area contributed by atoms with Crippen molar-refractivity contribution < 1.29 is 17.8 Å². The molecule has 0 fully saturated rings. The minimum absolute atomic E-state index is 0.134. The van der Waals surface area contributed by atoms with Crippen molar-refractivity contribution in [3.63, 3.8) is 0 Å². The zero-order chi connectivity index (χ0) is 17.0. The van der Waals surface area contributed by atoms with Gasteiger partial charge in [0, 0.05) is 18.6 Å². The SMILES string of the molecule is CC(C)CCc1nnc(NS(=O)(=O)c2ccc([N+](=O)[O-])cc2)o1. The number of non-ortho nitro benzene ring substituents is 1. The van der Waals surface area contributed by atoms with Gasteiger partial charge in [0.25, 0.3) is 15.7 Å². The Labute approximate surface area is 132 Å². The summed E-state index contributed by atoms with van der Waals surface area (Å²) in [4.78, 5) is 9.83. The summed E-state index contributed by atoms with van der Waals surface area (Å²) in [6, 6.07) is 4.25. The maximum absolute atomic E-state index is 12.1. The zero-order valence-corrected chi connectivity index (χ0v) is 13.4. The van der Waals surface area contributed by atoms with E-state index < -0.39 is 14.9 Å². The van der Waals surface area contributed by atoms with Crippen LogP contribution < -0.4 is 4.72 Å². The second-order valence-electron chi connectivity index (χ2n) is 5.29. The quantitative estimate of drug-likeness (QED) is 0.605.